The Labute approximate surface area is 166 Å². The largest absolute Gasteiger partial charge is 0.486 e. The molecule has 0 spiro atoms. The Bertz CT molecular complexity index is 836. The summed E-state index contributed by atoms with van der Waals surface area (Å²) in [5.74, 6) is 1.79. The number of aryl methyl sites for hydroxylation is 1. The fourth-order valence-electron chi connectivity index (χ4n) is 4.30. The van der Waals surface area contributed by atoms with E-state index in [1.54, 1.807) is 0 Å². The molecule has 5 heteroatoms. The van der Waals surface area contributed by atoms with Crippen molar-refractivity contribution in [1.82, 2.24) is 5.32 Å². The van der Waals surface area contributed by atoms with Crippen LogP contribution in [0.15, 0.2) is 42.5 Å². The van der Waals surface area contributed by atoms with Crippen LogP contribution in [-0.2, 0) is 11.2 Å². The van der Waals surface area contributed by atoms with Gasteiger partial charge in [-0.3, -0.25) is 4.79 Å². The Morgan fingerprint density at radius 3 is 2.82 bits per heavy atom. The fourth-order valence-corrected chi connectivity index (χ4v) is 4.30. The summed E-state index contributed by atoms with van der Waals surface area (Å²) in [6.45, 7) is 5.56. The predicted molar refractivity (Wildman–Crippen MR) is 108 cm³/mol. The van der Waals surface area contributed by atoms with Crippen molar-refractivity contribution in [3.05, 3.63) is 59.2 Å². The lowest BCUT2D eigenvalue weighted by Gasteiger charge is -2.24. The van der Waals surface area contributed by atoms with Crippen molar-refractivity contribution < 1.29 is 19.2 Å². The second-order valence-electron chi connectivity index (χ2n) is 7.71. The van der Waals surface area contributed by atoms with E-state index >= 15 is 0 Å². The highest BCUT2D eigenvalue weighted by molar-refractivity contribution is 5.76. The number of amides is 1. The van der Waals surface area contributed by atoms with Gasteiger partial charge < -0.3 is 19.7 Å². The average Bonchev–Trinajstić information content (AvgIpc) is 3.17. The lowest BCUT2D eigenvalue weighted by molar-refractivity contribution is -0.910. The zero-order valence-corrected chi connectivity index (χ0v) is 16.5. The van der Waals surface area contributed by atoms with Gasteiger partial charge in [-0.1, -0.05) is 24.3 Å². The molecule has 4 rings (SSSR count). The Morgan fingerprint density at radius 2 is 1.96 bits per heavy atom. The summed E-state index contributed by atoms with van der Waals surface area (Å²) >= 11 is 0. The van der Waals surface area contributed by atoms with E-state index in [4.69, 9.17) is 9.47 Å². The first kappa shape index (κ1) is 18.8. The average molecular weight is 381 g/mol. The van der Waals surface area contributed by atoms with E-state index in [0.29, 0.717) is 32.3 Å². The zero-order chi connectivity index (χ0) is 19.3. The third kappa shape index (κ3) is 4.30. The summed E-state index contributed by atoms with van der Waals surface area (Å²) in [5, 5.41) is 3.10. The van der Waals surface area contributed by atoms with E-state index in [0.717, 1.165) is 37.3 Å². The van der Waals surface area contributed by atoms with E-state index in [1.165, 1.54) is 21.6 Å². The Kier molecular flexibility index (Phi) is 5.81. The first-order valence-corrected chi connectivity index (χ1v) is 10.3. The third-order valence-electron chi connectivity index (χ3n) is 5.82. The van der Waals surface area contributed by atoms with Gasteiger partial charge in [-0.25, -0.2) is 0 Å². The van der Waals surface area contributed by atoms with E-state index in [9.17, 15) is 4.79 Å². The van der Waals surface area contributed by atoms with Crippen molar-refractivity contribution in [2.24, 2.45) is 0 Å². The van der Waals surface area contributed by atoms with Gasteiger partial charge in [0.05, 0.1) is 6.54 Å². The van der Waals surface area contributed by atoms with Gasteiger partial charge in [-0.15, -0.1) is 0 Å². The second-order valence-corrected chi connectivity index (χ2v) is 7.71. The number of hydrogen-bond acceptors (Lipinski definition) is 3. The van der Waals surface area contributed by atoms with Crippen LogP contribution in [0.2, 0.25) is 0 Å². The summed E-state index contributed by atoms with van der Waals surface area (Å²) in [5.41, 5.74) is 3.82. The summed E-state index contributed by atoms with van der Waals surface area (Å²) in [6, 6.07) is 14.9. The number of hydrogen-bond donors (Lipinski definition) is 2. The van der Waals surface area contributed by atoms with Gasteiger partial charge in [0.2, 0.25) is 0 Å². The van der Waals surface area contributed by atoms with Crippen LogP contribution < -0.4 is 19.7 Å². The van der Waals surface area contributed by atoms with E-state index in [1.807, 2.05) is 12.1 Å². The number of carbonyl (C=O) groups excluding carboxylic acids is 1. The number of quaternary nitrogens is 1. The predicted octanol–water partition coefficient (Wildman–Crippen LogP) is 1.84. The quantitative estimate of drug-likeness (QED) is 0.803. The SMILES string of the molecule is Cc1ccccc1CCNC(=O)C[NH+]1CCC[C@@H]1c1ccc2c(c1)OCCO2. The van der Waals surface area contributed by atoms with Crippen LogP contribution in [-0.4, -0.2) is 38.8 Å². The molecule has 2 heterocycles. The molecule has 5 nitrogen and oxygen atoms in total. The summed E-state index contributed by atoms with van der Waals surface area (Å²) < 4.78 is 11.4. The van der Waals surface area contributed by atoms with Crippen molar-refractivity contribution >= 4 is 5.91 Å². The van der Waals surface area contributed by atoms with E-state index in [-0.39, 0.29) is 5.91 Å². The molecule has 1 saturated heterocycles. The Balaban J connectivity index is 1.32. The molecule has 2 N–H and O–H groups in total. The van der Waals surface area contributed by atoms with Gasteiger partial charge in [0.15, 0.2) is 18.0 Å². The first-order chi connectivity index (χ1) is 13.7. The molecule has 0 saturated carbocycles. The number of nitrogens with one attached hydrogen (secondary N) is 2. The molecule has 2 aromatic rings. The van der Waals surface area contributed by atoms with Crippen molar-refractivity contribution in [2.45, 2.75) is 32.2 Å². The standard InChI is InChI=1S/C23H28N2O3/c1-17-5-2-3-6-18(17)10-11-24-23(26)16-25-12-4-7-20(25)19-8-9-21-22(15-19)28-14-13-27-21/h2-3,5-6,8-9,15,20H,4,7,10-14,16H2,1H3,(H,24,26)/p+1/t20-/m1/s1. The number of rotatable bonds is 6. The molecule has 28 heavy (non-hydrogen) atoms. The molecule has 2 atom stereocenters. The highest BCUT2D eigenvalue weighted by Gasteiger charge is 2.32. The fraction of sp³-hybridized carbons (Fsp3) is 0.435. The Morgan fingerprint density at radius 1 is 1.14 bits per heavy atom. The number of ether oxygens (including phenoxy) is 2. The lowest BCUT2D eigenvalue weighted by atomic mass is 10.0. The second kappa shape index (κ2) is 8.65. The molecule has 1 amide bonds. The normalized spacial score (nSPS) is 20.8. The van der Waals surface area contributed by atoms with Gasteiger partial charge in [0, 0.05) is 24.9 Å². The van der Waals surface area contributed by atoms with Gasteiger partial charge in [-0.05, 0) is 42.7 Å². The minimum Gasteiger partial charge on any atom is -0.486 e. The first-order valence-electron chi connectivity index (χ1n) is 10.3. The molecule has 1 unspecified atom stereocenters. The van der Waals surface area contributed by atoms with Crippen LogP contribution in [0.25, 0.3) is 0 Å². The van der Waals surface area contributed by atoms with Crippen LogP contribution in [0, 0.1) is 6.92 Å². The topological polar surface area (TPSA) is 52.0 Å². The number of benzene rings is 2. The molecule has 2 aliphatic heterocycles. The third-order valence-corrected chi connectivity index (χ3v) is 5.82. The summed E-state index contributed by atoms with van der Waals surface area (Å²) in [6.07, 6.45) is 3.12. The highest BCUT2D eigenvalue weighted by Crippen LogP contribution is 2.33. The molecule has 0 aliphatic carbocycles. The summed E-state index contributed by atoms with van der Waals surface area (Å²) in [7, 11) is 0. The number of fused-ring (bicyclic) bond motifs is 1. The number of likely N-dealkylation sites (tertiary alicyclic amines) is 1. The maximum atomic E-state index is 12.5. The molecule has 2 aromatic carbocycles. The zero-order valence-electron chi connectivity index (χ0n) is 16.5. The van der Waals surface area contributed by atoms with Crippen molar-refractivity contribution in [1.29, 1.82) is 0 Å². The summed E-state index contributed by atoms with van der Waals surface area (Å²) in [4.78, 5) is 13.8. The molecular weight excluding hydrogens is 352 g/mol. The maximum absolute atomic E-state index is 12.5. The minimum atomic E-state index is 0.132. The van der Waals surface area contributed by atoms with Crippen LogP contribution in [0.5, 0.6) is 11.5 Å². The molecule has 2 aliphatic rings. The van der Waals surface area contributed by atoms with Gasteiger partial charge in [0.25, 0.3) is 5.91 Å². The molecular formula is C23H29N2O3+. The van der Waals surface area contributed by atoms with Gasteiger partial charge in [-0.2, -0.15) is 0 Å². The van der Waals surface area contributed by atoms with E-state index < -0.39 is 0 Å². The van der Waals surface area contributed by atoms with E-state index in [2.05, 4.69) is 42.6 Å². The maximum Gasteiger partial charge on any atom is 0.275 e. The van der Waals surface area contributed by atoms with Crippen molar-refractivity contribution in [2.75, 3.05) is 32.8 Å². The molecule has 0 radical (unpaired) electrons. The molecule has 1 fully saturated rings. The molecule has 0 aromatic heterocycles. The molecule has 0 bridgehead atoms. The van der Waals surface area contributed by atoms with Crippen molar-refractivity contribution in [3.8, 4) is 11.5 Å². The molecule has 148 valence electrons. The van der Waals surface area contributed by atoms with Gasteiger partial charge in [0.1, 0.15) is 19.3 Å². The smallest absolute Gasteiger partial charge is 0.275 e. The Hall–Kier alpha value is -2.53. The van der Waals surface area contributed by atoms with Gasteiger partial charge >= 0.3 is 0 Å². The lowest BCUT2D eigenvalue weighted by Crippen LogP contribution is -3.11. The minimum absolute atomic E-state index is 0.132. The number of carbonyl (C=O) groups is 1. The van der Waals surface area contributed by atoms with Crippen molar-refractivity contribution in [3.63, 3.8) is 0 Å². The van der Waals surface area contributed by atoms with Crippen LogP contribution in [0.3, 0.4) is 0 Å². The van der Waals surface area contributed by atoms with Crippen LogP contribution in [0.4, 0.5) is 0 Å². The van der Waals surface area contributed by atoms with Crippen LogP contribution >= 0.6 is 0 Å². The highest BCUT2D eigenvalue weighted by atomic mass is 16.6. The monoisotopic (exact) mass is 381 g/mol. The van der Waals surface area contributed by atoms with Crippen LogP contribution in [0.1, 0.15) is 35.6 Å².